The van der Waals surface area contributed by atoms with E-state index in [1.807, 2.05) is 0 Å². The fourth-order valence-electron chi connectivity index (χ4n) is 4.71. The number of aromatic nitrogens is 1. The first kappa shape index (κ1) is 28.8. The number of likely N-dealkylation sites (tertiary alicyclic amines) is 1. The van der Waals surface area contributed by atoms with E-state index < -0.39 is 5.97 Å². The van der Waals surface area contributed by atoms with Gasteiger partial charge in [-0.15, -0.1) is 0 Å². The van der Waals surface area contributed by atoms with Crippen LogP contribution in [-0.2, 0) is 0 Å². The molecule has 8 nitrogen and oxygen atoms in total. The zero-order valence-electron chi connectivity index (χ0n) is 22.6. The average molecular weight is 549 g/mol. The van der Waals surface area contributed by atoms with Gasteiger partial charge in [-0.3, -0.25) is 4.79 Å². The third kappa shape index (κ3) is 7.45. The van der Waals surface area contributed by atoms with E-state index in [1.54, 1.807) is 61.7 Å². The Bertz CT molecular complexity index is 1430. The lowest BCUT2D eigenvalue weighted by atomic mass is 9.91. The van der Waals surface area contributed by atoms with Gasteiger partial charge in [0.1, 0.15) is 5.82 Å². The van der Waals surface area contributed by atoms with Crippen LogP contribution in [0, 0.1) is 5.82 Å². The highest BCUT2D eigenvalue weighted by Crippen LogP contribution is 2.33. The van der Waals surface area contributed by atoms with Crippen LogP contribution < -0.4 is 9.47 Å². The molecule has 0 radical (unpaired) electrons. The molecule has 9 heteroatoms. The Labute approximate surface area is 232 Å². The third-order valence-electron chi connectivity index (χ3n) is 6.90. The summed E-state index contributed by atoms with van der Waals surface area (Å²) in [6, 6.07) is 18.2. The first-order chi connectivity index (χ1) is 19.4. The van der Waals surface area contributed by atoms with E-state index in [1.165, 1.54) is 19.1 Å². The van der Waals surface area contributed by atoms with Gasteiger partial charge in [0.15, 0.2) is 22.9 Å². The predicted octanol–water partition coefficient (Wildman–Crippen LogP) is 6.21. The Balaban J connectivity index is 0.000000350. The van der Waals surface area contributed by atoms with Crippen LogP contribution in [0.5, 0.6) is 11.5 Å². The van der Waals surface area contributed by atoms with Gasteiger partial charge in [0.2, 0.25) is 0 Å². The van der Waals surface area contributed by atoms with Gasteiger partial charge in [-0.2, -0.15) is 0 Å². The maximum absolute atomic E-state index is 13.4. The van der Waals surface area contributed by atoms with Gasteiger partial charge in [-0.1, -0.05) is 23.4 Å². The van der Waals surface area contributed by atoms with E-state index >= 15 is 0 Å². The Kier molecular flexibility index (Phi) is 9.86. The average Bonchev–Trinajstić information content (AvgIpc) is 3.39. The predicted molar refractivity (Wildman–Crippen MR) is 149 cm³/mol. The number of hydrogen-bond donors (Lipinski definition) is 1. The van der Waals surface area contributed by atoms with Crippen molar-refractivity contribution in [2.75, 3.05) is 33.4 Å². The molecule has 0 aliphatic carbocycles. The molecule has 0 amide bonds. The van der Waals surface area contributed by atoms with Gasteiger partial charge in [-0.25, -0.2) is 9.18 Å². The Morgan fingerprint density at radius 3 is 2.42 bits per heavy atom. The Morgan fingerprint density at radius 2 is 1.77 bits per heavy atom. The molecule has 210 valence electrons. The van der Waals surface area contributed by atoms with Gasteiger partial charge >= 0.3 is 5.97 Å². The minimum atomic E-state index is -0.879. The molecule has 0 spiro atoms. The van der Waals surface area contributed by atoms with Crippen LogP contribution >= 0.6 is 0 Å². The number of carbonyl (C=O) groups is 2. The van der Waals surface area contributed by atoms with E-state index in [2.05, 4.69) is 10.1 Å². The molecule has 40 heavy (non-hydrogen) atoms. The van der Waals surface area contributed by atoms with Crippen molar-refractivity contribution in [1.82, 2.24) is 10.1 Å². The van der Waals surface area contributed by atoms with E-state index in [4.69, 9.17) is 19.1 Å². The molecule has 1 saturated heterocycles. The van der Waals surface area contributed by atoms with Crippen LogP contribution in [-0.4, -0.2) is 60.3 Å². The molecule has 1 N–H and O–H groups in total. The summed E-state index contributed by atoms with van der Waals surface area (Å²) in [4.78, 5) is 24.1. The summed E-state index contributed by atoms with van der Waals surface area (Å²) < 4.78 is 29.9. The number of hydrogen-bond acceptors (Lipinski definition) is 7. The van der Waals surface area contributed by atoms with Crippen molar-refractivity contribution >= 4 is 22.7 Å². The summed E-state index contributed by atoms with van der Waals surface area (Å²) in [6.07, 6.45) is 2.90. The number of methoxy groups -OCH3 is 1. The zero-order chi connectivity index (χ0) is 28.5. The largest absolute Gasteiger partial charge is 0.493 e. The molecule has 0 atom stereocenters. The highest BCUT2D eigenvalue weighted by molar-refractivity contribution is 5.94. The molecule has 3 aromatic carbocycles. The van der Waals surface area contributed by atoms with E-state index in [0.717, 1.165) is 50.0 Å². The number of ketones is 1. The molecule has 5 rings (SSSR count). The lowest BCUT2D eigenvalue weighted by molar-refractivity contribution is 0.0696. The molecule has 1 aliphatic rings. The third-order valence-corrected chi connectivity index (χ3v) is 6.90. The molecule has 1 aliphatic heterocycles. The van der Waals surface area contributed by atoms with Gasteiger partial charge in [0.05, 0.1) is 25.0 Å². The number of nitrogens with zero attached hydrogens (tertiary/aromatic N) is 2. The second kappa shape index (κ2) is 13.7. The van der Waals surface area contributed by atoms with Gasteiger partial charge in [0.25, 0.3) is 0 Å². The summed E-state index contributed by atoms with van der Waals surface area (Å²) >= 11 is 0. The minimum Gasteiger partial charge on any atom is -0.493 e. The molecule has 4 aromatic rings. The highest BCUT2D eigenvalue weighted by atomic mass is 19.1. The van der Waals surface area contributed by atoms with Crippen LogP contribution in [0.1, 0.15) is 58.5 Å². The fraction of sp³-hybridized carbons (Fsp3) is 0.323. The van der Waals surface area contributed by atoms with Crippen LogP contribution in [0.3, 0.4) is 0 Å². The van der Waals surface area contributed by atoms with Crippen molar-refractivity contribution in [2.45, 2.75) is 32.1 Å². The normalized spacial score (nSPS) is 13.9. The number of benzene rings is 3. The SMILES string of the molecule is COc1cc(C(C)=O)ccc1OCCCN1CCC(c2noc3cc(F)ccc23)CC1.O=C(O)c1ccccc1. The van der Waals surface area contributed by atoms with E-state index in [-0.39, 0.29) is 11.6 Å². The number of carboxylic acid groups (broad SMARTS) is 1. The summed E-state index contributed by atoms with van der Waals surface area (Å²) in [5.41, 5.74) is 2.40. The number of fused-ring (bicyclic) bond motifs is 1. The number of ether oxygens (including phenoxy) is 2. The summed E-state index contributed by atoms with van der Waals surface area (Å²) in [7, 11) is 1.57. The fourth-order valence-corrected chi connectivity index (χ4v) is 4.71. The number of rotatable bonds is 9. The smallest absolute Gasteiger partial charge is 0.335 e. The summed E-state index contributed by atoms with van der Waals surface area (Å²) in [5, 5.41) is 13.5. The standard InChI is InChI=1S/C24H27FN2O4.C7H6O2/c1-16(28)18-4-7-21(23(14-18)29-2)30-13-3-10-27-11-8-17(9-12-27)24-20-6-5-19(25)15-22(20)31-26-24;8-7(9)6-4-2-1-3-5-6/h4-7,14-15,17H,3,8-13H2,1-2H3;1-5H,(H,8,9). The monoisotopic (exact) mass is 548 g/mol. The number of piperidine rings is 1. The number of aromatic carboxylic acids is 1. The van der Waals surface area contributed by atoms with Crippen molar-refractivity contribution < 1.29 is 33.1 Å². The quantitative estimate of drug-likeness (QED) is 0.195. The topological polar surface area (TPSA) is 102 Å². The molecular weight excluding hydrogens is 515 g/mol. The van der Waals surface area contributed by atoms with Crippen LogP contribution in [0.25, 0.3) is 11.0 Å². The maximum Gasteiger partial charge on any atom is 0.335 e. The van der Waals surface area contributed by atoms with Crippen molar-refractivity contribution in [3.8, 4) is 11.5 Å². The van der Waals surface area contributed by atoms with Gasteiger partial charge in [-0.05, 0) is 81.7 Å². The second-order valence-electron chi connectivity index (χ2n) is 9.62. The maximum atomic E-state index is 13.4. The molecule has 0 saturated carbocycles. The molecular formula is C31H33FN2O6. The van der Waals surface area contributed by atoms with Crippen molar-refractivity contribution in [2.24, 2.45) is 0 Å². The second-order valence-corrected chi connectivity index (χ2v) is 9.62. The molecule has 1 aromatic heterocycles. The van der Waals surface area contributed by atoms with E-state index in [9.17, 15) is 14.0 Å². The molecule has 2 heterocycles. The van der Waals surface area contributed by atoms with Crippen LogP contribution in [0.2, 0.25) is 0 Å². The number of halogens is 1. The van der Waals surface area contributed by atoms with Crippen molar-refractivity contribution in [3.05, 3.63) is 89.4 Å². The number of carbonyl (C=O) groups excluding carboxylic acids is 1. The lowest BCUT2D eigenvalue weighted by Gasteiger charge is -2.31. The van der Waals surface area contributed by atoms with Gasteiger partial charge in [0, 0.05) is 29.5 Å². The molecule has 1 fully saturated rings. The van der Waals surface area contributed by atoms with Crippen LogP contribution in [0.15, 0.2) is 71.3 Å². The number of carboxylic acids is 1. The first-order valence-electron chi connectivity index (χ1n) is 13.2. The van der Waals surface area contributed by atoms with Crippen molar-refractivity contribution in [3.63, 3.8) is 0 Å². The van der Waals surface area contributed by atoms with Crippen LogP contribution in [0.4, 0.5) is 4.39 Å². The lowest BCUT2D eigenvalue weighted by Crippen LogP contribution is -2.34. The number of Topliss-reactive ketones (excluding diaryl/α,β-unsaturated/α-hetero) is 1. The summed E-state index contributed by atoms with van der Waals surface area (Å²) in [5.74, 6) is 0.381. The summed E-state index contributed by atoms with van der Waals surface area (Å²) in [6.45, 7) is 5.03. The highest BCUT2D eigenvalue weighted by Gasteiger charge is 2.25. The Hall–Kier alpha value is -4.24. The Morgan fingerprint density at radius 1 is 1.02 bits per heavy atom. The molecule has 0 unspecified atom stereocenters. The van der Waals surface area contributed by atoms with Crippen molar-refractivity contribution in [1.29, 1.82) is 0 Å². The molecule has 0 bridgehead atoms. The first-order valence-corrected chi connectivity index (χ1v) is 13.2. The minimum absolute atomic E-state index is 0.000894. The van der Waals surface area contributed by atoms with E-state index in [0.29, 0.717) is 40.7 Å². The van der Waals surface area contributed by atoms with Gasteiger partial charge < -0.3 is 24.0 Å². The zero-order valence-corrected chi connectivity index (χ0v) is 22.6.